The molecule has 11 heteroatoms. The smallest absolute Gasteiger partial charge is 0.273 e. The molecule has 1 saturated carbocycles. The van der Waals surface area contributed by atoms with Crippen LogP contribution in [0.4, 0.5) is 11.8 Å². The fourth-order valence-corrected chi connectivity index (χ4v) is 4.16. The molecule has 4 rings (SSSR count). The van der Waals surface area contributed by atoms with Gasteiger partial charge in [-0.05, 0) is 37.5 Å². The molecule has 3 atom stereocenters. The van der Waals surface area contributed by atoms with E-state index in [1.807, 2.05) is 24.2 Å². The number of halogens is 1. The molecule has 0 bridgehead atoms. The number of hydrogen-bond acceptors (Lipinski definition) is 9. The number of nitrogens with two attached hydrogens (primary N) is 2. The maximum atomic E-state index is 11.9. The quantitative estimate of drug-likeness (QED) is 0.447. The molecule has 0 spiro atoms. The van der Waals surface area contributed by atoms with E-state index in [2.05, 4.69) is 31.2 Å². The second-order valence-corrected chi connectivity index (χ2v) is 8.06. The molecule has 7 N–H and O–H groups in total. The summed E-state index contributed by atoms with van der Waals surface area (Å²) >= 11 is 6.46. The Bertz CT molecular complexity index is 929. The van der Waals surface area contributed by atoms with Crippen LogP contribution in [0.1, 0.15) is 43.1 Å². The first kappa shape index (κ1) is 20.6. The van der Waals surface area contributed by atoms with Crippen LogP contribution in [0.3, 0.4) is 0 Å². The first-order valence-corrected chi connectivity index (χ1v) is 10.5. The van der Waals surface area contributed by atoms with Crippen LogP contribution < -0.4 is 27.5 Å². The van der Waals surface area contributed by atoms with Gasteiger partial charge in [0.1, 0.15) is 0 Å². The molecule has 160 valence electrons. The summed E-state index contributed by atoms with van der Waals surface area (Å²) in [5.74, 6) is -0.205. The van der Waals surface area contributed by atoms with Gasteiger partial charge in [-0.2, -0.15) is 4.98 Å². The van der Waals surface area contributed by atoms with Crippen LogP contribution in [-0.4, -0.2) is 50.8 Å². The number of rotatable bonds is 6. The minimum absolute atomic E-state index is 0.0256. The highest BCUT2D eigenvalue weighted by Crippen LogP contribution is 2.30. The molecular weight excluding hydrogens is 406 g/mol. The zero-order valence-corrected chi connectivity index (χ0v) is 17.5. The van der Waals surface area contributed by atoms with Crippen molar-refractivity contribution in [1.82, 2.24) is 25.6 Å². The van der Waals surface area contributed by atoms with Gasteiger partial charge in [-0.1, -0.05) is 24.4 Å². The monoisotopic (exact) mass is 431 g/mol. The SMILES string of the molecule is CCN1C=C2C=C(Nc3nc(N[C@@H]4CCCC[C@@H]4N)nnc3C(N)=O)C=C(Cl)C2N1. The van der Waals surface area contributed by atoms with Crippen molar-refractivity contribution in [3.05, 3.63) is 40.3 Å². The van der Waals surface area contributed by atoms with E-state index in [-0.39, 0.29) is 29.6 Å². The van der Waals surface area contributed by atoms with Crippen LogP contribution in [0.2, 0.25) is 0 Å². The van der Waals surface area contributed by atoms with Crippen molar-refractivity contribution in [3.63, 3.8) is 0 Å². The Morgan fingerprint density at radius 3 is 2.87 bits per heavy atom. The van der Waals surface area contributed by atoms with Gasteiger partial charge in [-0.25, -0.2) is 5.43 Å². The summed E-state index contributed by atoms with van der Waals surface area (Å²) in [7, 11) is 0. The third-order valence-electron chi connectivity index (χ3n) is 5.48. The van der Waals surface area contributed by atoms with E-state index in [0.717, 1.165) is 37.8 Å². The van der Waals surface area contributed by atoms with Gasteiger partial charge in [0.2, 0.25) is 5.95 Å². The number of primary amides is 1. The lowest BCUT2D eigenvalue weighted by Gasteiger charge is -2.29. The molecule has 3 aliphatic rings. The van der Waals surface area contributed by atoms with E-state index < -0.39 is 5.91 Å². The Hall–Kier alpha value is -2.69. The number of hydrazine groups is 1. The molecule has 1 aromatic rings. The summed E-state index contributed by atoms with van der Waals surface area (Å²) in [4.78, 5) is 16.3. The Kier molecular flexibility index (Phi) is 5.89. The minimum atomic E-state index is -0.721. The number of fused-ring (bicyclic) bond motifs is 1. The maximum absolute atomic E-state index is 11.9. The summed E-state index contributed by atoms with van der Waals surface area (Å²) in [5, 5.41) is 16.9. The van der Waals surface area contributed by atoms with Crippen LogP contribution in [0.5, 0.6) is 0 Å². The maximum Gasteiger partial charge on any atom is 0.273 e. The van der Waals surface area contributed by atoms with Crippen LogP contribution >= 0.6 is 11.6 Å². The minimum Gasteiger partial charge on any atom is -0.364 e. The molecule has 2 heterocycles. The van der Waals surface area contributed by atoms with E-state index in [4.69, 9.17) is 23.1 Å². The van der Waals surface area contributed by atoms with Gasteiger partial charge in [0, 0.05) is 35.6 Å². The number of allylic oxidation sites excluding steroid dienone is 1. The van der Waals surface area contributed by atoms with Crippen molar-refractivity contribution < 1.29 is 4.79 Å². The number of hydrogen-bond donors (Lipinski definition) is 5. The standard InChI is InChI=1S/C19H26ClN9O/c1-2-29-9-10-7-11(8-12(20)15(10)28-29)23-18-16(17(22)30)26-27-19(25-18)24-14-6-4-3-5-13(14)21/h7-9,13-15,28H,2-6,21H2,1H3,(H2,22,30)(H2,23,24,25,27)/t13-,14+,15?/m0/s1. The number of carbonyl (C=O) groups excluding carboxylic acids is 1. The van der Waals surface area contributed by atoms with Gasteiger partial charge >= 0.3 is 0 Å². The Morgan fingerprint density at radius 1 is 1.33 bits per heavy atom. The lowest BCUT2D eigenvalue weighted by atomic mass is 9.91. The zero-order valence-electron chi connectivity index (χ0n) is 16.7. The molecule has 2 aliphatic carbocycles. The molecule has 0 aromatic carbocycles. The first-order chi connectivity index (χ1) is 14.4. The highest BCUT2D eigenvalue weighted by atomic mass is 35.5. The zero-order chi connectivity index (χ0) is 21.3. The average molecular weight is 432 g/mol. The summed E-state index contributed by atoms with van der Waals surface area (Å²) < 4.78 is 0. The third-order valence-corrected chi connectivity index (χ3v) is 5.81. The second kappa shape index (κ2) is 8.58. The fourth-order valence-electron chi connectivity index (χ4n) is 3.86. The highest BCUT2D eigenvalue weighted by molar-refractivity contribution is 6.31. The van der Waals surface area contributed by atoms with Gasteiger partial charge in [0.25, 0.3) is 5.91 Å². The molecule has 1 aliphatic heterocycles. The van der Waals surface area contributed by atoms with Crippen molar-refractivity contribution in [1.29, 1.82) is 0 Å². The Labute approximate surface area is 179 Å². The topological polar surface area (TPSA) is 147 Å². The van der Waals surface area contributed by atoms with E-state index in [9.17, 15) is 4.79 Å². The molecular formula is C19H26ClN9O. The van der Waals surface area contributed by atoms with Crippen molar-refractivity contribution in [2.75, 3.05) is 17.2 Å². The molecule has 0 saturated heterocycles. The first-order valence-electron chi connectivity index (χ1n) is 10.1. The third kappa shape index (κ3) is 4.25. The van der Waals surface area contributed by atoms with Gasteiger partial charge < -0.3 is 27.1 Å². The number of nitrogens with one attached hydrogen (secondary N) is 3. The van der Waals surface area contributed by atoms with Crippen LogP contribution in [0.25, 0.3) is 0 Å². The number of aromatic nitrogens is 3. The Morgan fingerprint density at radius 2 is 2.13 bits per heavy atom. The fraction of sp³-hybridized carbons (Fsp3) is 0.474. The van der Waals surface area contributed by atoms with Crippen molar-refractivity contribution in [3.8, 4) is 0 Å². The van der Waals surface area contributed by atoms with Gasteiger partial charge in [-0.3, -0.25) is 4.79 Å². The Balaban J connectivity index is 1.58. The van der Waals surface area contributed by atoms with E-state index in [1.54, 1.807) is 6.08 Å². The largest absolute Gasteiger partial charge is 0.364 e. The van der Waals surface area contributed by atoms with Crippen LogP contribution in [-0.2, 0) is 0 Å². The van der Waals surface area contributed by atoms with E-state index in [1.165, 1.54) is 0 Å². The van der Waals surface area contributed by atoms with Gasteiger partial charge in [0.15, 0.2) is 11.5 Å². The summed E-state index contributed by atoms with van der Waals surface area (Å²) in [5.41, 5.74) is 16.6. The number of anilines is 2. The summed E-state index contributed by atoms with van der Waals surface area (Å²) in [6.07, 6.45) is 9.82. The van der Waals surface area contributed by atoms with Crippen LogP contribution in [0.15, 0.2) is 34.7 Å². The van der Waals surface area contributed by atoms with Gasteiger partial charge in [0.05, 0.1) is 6.04 Å². The molecule has 0 radical (unpaired) electrons. The predicted octanol–water partition coefficient (Wildman–Crippen LogP) is 1.18. The van der Waals surface area contributed by atoms with E-state index >= 15 is 0 Å². The normalized spacial score (nSPS) is 25.8. The highest BCUT2D eigenvalue weighted by Gasteiger charge is 2.28. The van der Waals surface area contributed by atoms with E-state index in [0.29, 0.717) is 16.7 Å². The number of carbonyl (C=O) groups is 1. The molecule has 10 nitrogen and oxygen atoms in total. The van der Waals surface area contributed by atoms with Crippen molar-refractivity contribution >= 4 is 29.3 Å². The van der Waals surface area contributed by atoms with Gasteiger partial charge in [-0.15, -0.1) is 10.2 Å². The number of nitrogens with zero attached hydrogens (tertiary/aromatic N) is 4. The molecule has 1 aromatic heterocycles. The molecule has 1 fully saturated rings. The lowest BCUT2D eigenvalue weighted by molar-refractivity contribution is 0.0995. The summed E-state index contributed by atoms with van der Waals surface area (Å²) in [6, 6.07) is 0.00510. The average Bonchev–Trinajstić information content (AvgIpc) is 3.14. The van der Waals surface area contributed by atoms with Crippen LogP contribution in [0, 0.1) is 0 Å². The predicted molar refractivity (Wildman–Crippen MR) is 115 cm³/mol. The lowest BCUT2D eigenvalue weighted by Crippen LogP contribution is -2.43. The molecule has 1 amide bonds. The second-order valence-electron chi connectivity index (χ2n) is 7.63. The van der Waals surface area contributed by atoms with Crippen molar-refractivity contribution in [2.24, 2.45) is 11.5 Å². The molecule has 1 unspecified atom stereocenters. The summed E-state index contributed by atoms with van der Waals surface area (Å²) in [6.45, 7) is 2.85. The molecule has 30 heavy (non-hydrogen) atoms. The van der Waals surface area contributed by atoms with Crippen molar-refractivity contribution in [2.45, 2.75) is 50.7 Å². The number of amides is 1.